The molecule has 0 saturated carbocycles. The normalized spacial score (nSPS) is 11.1. The number of carbonyl (C=O) groups is 2. The second-order valence-corrected chi connectivity index (χ2v) is 10.7. The van der Waals surface area contributed by atoms with Crippen molar-refractivity contribution in [2.24, 2.45) is 0 Å². The van der Waals surface area contributed by atoms with E-state index in [0.717, 1.165) is 22.0 Å². The van der Waals surface area contributed by atoms with Crippen molar-refractivity contribution >= 4 is 40.0 Å². The van der Waals surface area contributed by atoms with Gasteiger partial charge in [0.25, 0.3) is 0 Å². The van der Waals surface area contributed by atoms with Crippen molar-refractivity contribution in [1.29, 1.82) is 0 Å². The zero-order valence-electron chi connectivity index (χ0n) is 24.4. The van der Waals surface area contributed by atoms with Gasteiger partial charge in [-0.05, 0) is 41.3 Å². The van der Waals surface area contributed by atoms with E-state index in [1.165, 1.54) is 14.2 Å². The van der Waals surface area contributed by atoms with Crippen LogP contribution in [-0.2, 0) is 10.2 Å². The van der Waals surface area contributed by atoms with E-state index in [0.29, 0.717) is 34.3 Å². The number of urea groups is 1. The zero-order chi connectivity index (χ0) is 30.6. The van der Waals surface area contributed by atoms with Crippen molar-refractivity contribution in [1.82, 2.24) is 15.0 Å². The van der Waals surface area contributed by atoms with Gasteiger partial charge in [-0.2, -0.15) is 0 Å². The lowest BCUT2D eigenvalue weighted by atomic mass is 9.86. The number of pyridine rings is 1. The number of hydrogen-bond acceptors (Lipinski definition) is 7. The lowest BCUT2D eigenvalue weighted by molar-refractivity contribution is 0.187. The maximum absolute atomic E-state index is 13.3. The van der Waals surface area contributed by atoms with Gasteiger partial charge in [-0.25, -0.2) is 14.6 Å². The fourth-order valence-corrected chi connectivity index (χ4v) is 4.52. The number of methoxy groups -OCH3 is 2. The van der Waals surface area contributed by atoms with Crippen LogP contribution >= 0.6 is 0 Å². The first-order valence-corrected chi connectivity index (χ1v) is 13.5. The molecule has 11 heteroatoms. The Bertz CT molecular complexity index is 1780. The predicted molar refractivity (Wildman–Crippen MR) is 166 cm³/mol. The number of aromatic amines is 1. The number of rotatable bonds is 7. The van der Waals surface area contributed by atoms with Gasteiger partial charge in [0.15, 0.2) is 5.75 Å². The summed E-state index contributed by atoms with van der Waals surface area (Å²) in [7, 11) is 2.74. The molecule has 0 fully saturated rings. The summed E-state index contributed by atoms with van der Waals surface area (Å²) in [6.07, 6.45) is 4.30. The number of nitrogens with one attached hydrogen (secondary N) is 4. The van der Waals surface area contributed by atoms with Crippen molar-refractivity contribution < 1.29 is 23.8 Å². The van der Waals surface area contributed by atoms with Gasteiger partial charge in [-0.3, -0.25) is 10.3 Å². The van der Waals surface area contributed by atoms with Crippen molar-refractivity contribution in [3.8, 4) is 28.6 Å². The van der Waals surface area contributed by atoms with Gasteiger partial charge < -0.3 is 29.8 Å². The molecule has 2 heterocycles. The number of nitrogens with zero attached hydrogens (tertiary/aromatic N) is 2. The molecule has 0 bridgehead atoms. The highest BCUT2D eigenvalue weighted by molar-refractivity contribution is 6.08. The Kier molecular flexibility index (Phi) is 8.15. The molecule has 5 aromatic rings. The number of fused-ring (bicyclic) bond motifs is 1. The Morgan fingerprint density at radius 2 is 1.58 bits per heavy atom. The smallest absolute Gasteiger partial charge is 0.411 e. The van der Waals surface area contributed by atoms with Gasteiger partial charge in [0.2, 0.25) is 0 Å². The van der Waals surface area contributed by atoms with Crippen LogP contribution in [0.4, 0.5) is 26.7 Å². The summed E-state index contributed by atoms with van der Waals surface area (Å²) in [5.41, 5.74) is 3.39. The topological polar surface area (TPSA) is 139 Å². The molecule has 0 aliphatic heterocycles. The van der Waals surface area contributed by atoms with E-state index in [-0.39, 0.29) is 11.2 Å². The van der Waals surface area contributed by atoms with Gasteiger partial charge in [0, 0.05) is 23.0 Å². The molecule has 11 nitrogen and oxygen atoms in total. The van der Waals surface area contributed by atoms with E-state index < -0.39 is 12.1 Å². The molecule has 0 aliphatic rings. The number of anilines is 3. The molecule has 2 aromatic heterocycles. The first-order valence-electron chi connectivity index (χ1n) is 13.5. The van der Waals surface area contributed by atoms with Gasteiger partial charge in [-0.15, -0.1) is 0 Å². The summed E-state index contributed by atoms with van der Waals surface area (Å²) < 4.78 is 16.6. The van der Waals surface area contributed by atoms with Gasteiger partial charge in [0.05, 0.1) is 55.2 Å². The second-order valence-electron chi connectivity index (χ2n) is 10.7. The largest absolute Gasteiger partial charge is 0.492 e. The molecular formula is C32H32N6O5. The van der Waals surface area contributed by atoms with E-state index in [4.69, 9.17) is 14.2 Å². The second kappa shape index (κ2) is 12.1. The van der Waals surface area contributed by atoms with Crippen molar-refractivity contribution in [2.45, 2.75) is 26.2 Å². The average molecular weight is 581 g/mol. The number of amides is 3. The number of imidazole rings is 1. The minimum absolute atomic E-state index is 0.286. The van der Waals surface area contributed by atoms with Gasteiger partial charge in [-0.1, -0.05) is 45.0 Å². The Balaban J connectivity index is 1.42. The Labute approximate surface area is 248 Å². The third-order valence-electron chi connectivity index (χ3n) is 6.70. The molecule has 0 atom stereocenters. The highest BCUT2D eigenvalue weighted by atomic mass is 16.5. The zero-order valence-corrected chi connectivity index (χ0v) is 24.4. The maximum Gasteiger partial charge on any atom is 0.411 e. The van der Waals surface area contributed by atoms with Crippen LogP contribution in [0.2, 0.25) is 0 Å². The van der Waals surface area contributed by atoms with Crippen LogP contribution in [0.5, 0.6) is 17.2 Å². The molecule has 43 heavy (non-hydrogen) atoms. The number of H-pyrrole nitrogens is 1. The van der Waals surface area contributed by atoms with E-state index >= 15 is 0 Å². The molecule has 0 aliphatic carbocycles. The molecular weight excluding hydrogens is 548 g/mol. The van der Waals surface area contributed by atoms with Crippen molar-refractivity contribution in [3.63, 3.8) is 0 Å². The first-order chi connectivity index (χ1) is 20.7. The fourth-order valence-electron chi connectivity index (χ4n) is 4.52. The molecule has 0 spiro atoms. The highest BCUT2D eigenvalue weighted by Crippen LogP contribution is 2.39. The summed E-state index contributed by atoms with van der Waals surface area (Å²) >= 11 is 0. The summed E-state index contributed by atoms with van der Waals surface area (Å²) in [6, 6.07) is 17.9. The molecule has 3 amide bonds. The van der Waals surface area contributed by atoms with E-state index in [9.17, 15) is 9.59 Å². The molecule has 220 valence electrons. The summed E-state index contributed by atoms with van der Waals surface area (Å²) in [5.74, 6) is 1.50. The van der Waals surface area contributed by atoms with Gasteiger partial charge in [0.1, 0.15) is 11.5 Å². The molecule has 0 radical (unpaired) electrons. The van der Waals surface area contributed by atoms with Crippen molar-refractivity contribution in [3.05, 3.63) is 84.9 Å². The predicted octanol–water partition coefficient (Wildman–Crippen LogP) is 7.55. The van der Waals surface area contributed by atoms with Crippen LogP contribution in [0.3, 0.4) is 0 Å². The number of aromatic nitrogens is 3. The molecule has 0 saturated heterocycles. The average Bonchev–Trinajstić information content (AvgIpc) is 3.53. The summed E-state index contributed by atoms with van der Waals surface area (Å²) in [4.78, 5) is 36.8. The van der Waals surface area contributed by atoms with Crippen LogP contribution in [0.15, 0.2) is 79.4 Å². The molecule has 5 rings (SSSR count). The lowest BCUT2D eigenvalue weighted by Crippen LogP contribution is -2.22. The third kappa shape index (κ3) is 6.51. The SMILES string of the molecule is COC(=O)Nc1cc(C(C)(C)C)cc(NC(=O)Nc2ccc(Oc3ccnc(-c4cnc[nH]4)c3)c3ccccc23)c1OC. The summed E-state index contributed by atoms with van der Waals surface area (Å²) in [5, 5.41) is 10.1. The standard InChI is InChI=1S/C32H32N6O5/c1-32(2,3)19-14-25(29(41-4)26(15-19)38-31(40)42-5)37-30(39)36-23-10-11-28(22-9-7-6-8-21(22)23)43-20-12-13-34-24(16-20)27-17-33-18-35-27/h6-18H,1-5H3,(H,33,35)(H,38,40)(H2,36,37,39). The van der Waals surface area contributed by atoms with Crippen LogP contribution in [0.25, 0.3) is 22.2 Å². The molecule has 4 N–H and O–H groups in total. The monoisotopic (exact) mass is 580 g/mol. The number of hydrogen-bond donors (Lipinski definition) is 4. The molecule has 3 aromatic carbocycles. The summed E-state index contributed by atoms with van der Waals surface area (Å²) in [6.45, 7) is 6.08. The van der Waals surface area contributed by atoms with Crippen LogP contribution in [0, 0.1) is 0 Å². The minimum Gasteiger partial charge on any atom is -0.492 e. The Morgan fingerprint density at radius 1 is 0.860 bits per heavy atom. The number of ether oxygens (including phenoxy) is 3. The minimum atomic E-state index is -0.655. The van der Waals surface area contributed by atoms with Gasteiger partial charge >= 0.3 is 12.1 Å². The first kappa shape index (κ1) is 28.9. The lowest BCUT2D eigenvalue weighted by Gasteiger charge is -2.24. The van der Waals surface area contributed by atoms with Crippen LogP contribution in [-0.4, -0.2) is 41.3 Å². The number of carbonyl (C=O) groups excluding carboxylic acids is 2. The highest BCUT2D eigenvalue weighted by Gasteiger charge is 2.22. The quantitative estimate of drug-likeness (QED) is 0.156. The van der Waals surface area contributed by atoms with E-state index in [1.807, 2.05) is 57.2 Å². The van der Waals surface area contributed by atoms with Crippen LogP contribution in [0.1, 0.15) is 26.3 Å². The Hall–Kier alpha value is -5.58. The van der Waals surface area contributed by atoms with Crippen LogP contribution < -0.4 is 25.4 Å². The number of benzene rings is 3. The maximum atomic E-state index is 13.3. The fraction of sp³-hybridized carbons (Fsp3) is 0.188. The molecule has 0 unspecified atom stereocenters. The van der Waals surface area contributed by atoms with Crippen molar-refractivity contribution in [2.75, 3.05) is 30.2 Å². The third-order valence-corrected chi connectivity index (χ3v) is 6.70. The van der Waals surface area contributed by atoms with E-state index in [2.05, 4.69) is 30.9 Å². The van der Waals surface area contributed by atoms with E-state index in [1.54, 1.807) is 43.0 Å². The Morgan fingerprint density at radius 3 is 2.26 bits per heavy atom.